The first-order chi connectivity index (χ1) is 12.6. The van der Waals surface area contributed by atoms with E-state index in [4.69, 9.17) is 4.74 Å². The molecule has 1 fully saturated rings. The molecule has 3 aromatic carbocycles. The van der Waals surface area contributed by atoms with Gasteiger partial charge in [0.2, 0.25) is 0 Å². The van der Waals surface area contributed by atoms with E-state index in [2.05, 4.69) is 37.3 Å². The van der Waals surface area contributed by atoms with Gasteiger partial charge in [-0.3, -0.25) is 0 Å². The molecule has 3 atom stereocenters. The smallest absolute Gasteiger partial charge is 0.339 e. The fraction of sp³-hybridized carbons (Fsp3) is 0.292. The molecule has 0 aromatic heterocycles. The summed E-state index contributed by atoms with van der Waals surface area (Å²) >= 11 is 0. The number of benzene rings is 3. The van der Waals surface area contributed by atoms with Crippen LogP contribution in [0.5, 0.6) is 0 Å². The van der Waals surface area contributed by atoms with Gasteiger partial charge in [-0.2, -0.15) is 0 Å². The van der Waals surface area contributed by atoms with E-state index in [-0.39, 0.29) is 11.4 Å². The summed E-state index contributed by atoms with van der Waals surface area (Å²) in [5.41, 5.74) is 0.774. The minimum absolute atomic E-state index is 0.0788. The van der Waals surface area contributed by atoms with Crippen LogP contribution in [0.4, 0.5) is 0 Å². The third kappa shape index (κ3) is 2.36. The molecular formula is C24H22O2. The molecule has 2 nitrogen and oxygen atoms in total. The van der Waals surface area contributed by atoms with Crippen LogP contribution in [0.1, 0.15) is 30.1 Å². The number of carbonyl (C=O) groups is 1. The van der Waals surface area contributed by atoms with Gasteiger partial charge in [-0.25, -0.2) is 4.79 Å². The van der Waals surface area contributed by atoms with Gasteiger partial charge in [0.1, 0.15) is 0 Å². The molecule has 0 saturated heterocycles. The van der Waals surface area contributed by atoms with E-state index in [1.54, 1.807) is 0 Å². The van der Waals surface area contributed by atoms with Gasteiger partial charge < -0.3 is 4.74 Å². The second-order valence-electron chi connectivity index (χ2n) is 8.12. The summed E-state index contributed by atoms with van der Waals surface area (Å²) in [4.78, 5) is 13.1. The van der Waals surface area contributed by atoms with Gasteiger partial charge in [-0.05, 0) is 52.3 Å². The monoisotopic (exact) mass is 342 g/mol. The van der Waals surface area contributed by atoms with E-state index in [0.29, 0.717) is 24.0 Å². The summed E-state index contributed by atoms with van der Waals surface area (Å²) in [6.07, 6.45) is 6.98. The molecule has 0 radical (unpaired) electrons. The van der Waals surface area contributed by atoms with Crippen LogP contribution in [0.15, 0.2) is 66.7 Å². The Morgan fingerprint density at radius 1 is 1.04 bits per heavy atom. The maximum absolute atomic E-state index is 13.1. The van der Waals surface area contributed by atoms with Crippen molar-refractivity contribution in [2.24, 2.45) is 17.3 Å². The SMILES string of the molecule is CC1(COC(=O)c2c3ccccc3cc3ccccc23)CC2C=CC1C2. The fourth-order valence-electron chi connectivity index (χ4n) is 4.90. The average Bonchev–Trinajstić information content (AvgIpc) is 3.25. The number of carbonyl (C=O) groups excluding carboxylic acids is 1. The van der Waals surface area contributed by atoms with Crippen molar-refractivity contribution < 1.29 is 9.53 Å². The number of ether oxygens (including phenoxy) is 1. The zero-order chi connectivity index (χ0) is 17.7. The van der Waals surface area contributed by atoms with Crippen LogP contribution >= 0.6 is 0 Å². The van der Waals surface area contributed by atoms with E-state index >= 15 is 0 Å². The van der Waals surface area contributed by atoms with Crippen molar-refractivity contribution in [2.75, 3.05) is 6.61 Å². The molecule has 0 spiro atoms. The lowest BCUT2D eigenvalue weighted by atomic mass is 9.78. The zero-order valence-electron chi connectivity index (χ0n) is 14.9. The normalized spacial score (nSPS) is 26.7. The predicted octanol–water partition coefficient (Wildman–Crippen LogP) is 5.75. The molecular weight excluding hydrogens is 320 g/mol. The number of allylic oxidation sites excluding steroid dienone is 2. The van der Waals surface area contributed by atoms with Crippen LogP contribution in [0, 0.1) is 17.3 Å². The summed E-state index contributed by atoms with van der Waals surface area (Å²) in [6.45, 7) is 2.75. The van der Waals surface area contributed by atoms with E-state index in [9.17, 15) is 4.79 Å². The van der Waals surface area contributed by atoms with E-state index in [1.165, 1.54) is 6.42 Å². The molecule has 3 aromatic rings. The number of hydrogen-bond acceptors (Lipinski definition) is 2. The second kappa shape index (κ2) is 5.70. The van der Waals surface area contributed by atoms with Crippen molar-refractivity contribution in [3.63, 3.8) is 0 Å². The third-order valence-corrected chi connectivity index (χ3v) is 6.30. The fourth-order valence-corrected chi connectivity index (χ4v) is 4.90. The lowest BCUT2D eigenvalue weighted by Crippen LogP contribution is -2.29. The number of rotatable bonds is 3. The number of hydrogen-bond donors (Lipinski definition) is 0. The quantitative estimate of drug-likeness (QED) is 0.344. The zero-order valence-corrected chi connectivity index (χ0v) is 14.9. The van der Waals surface area contributed by atoms with E-state index in [1.807, 2.05) is 36.4 Å². The molecule has 2 heteroatoms. The molecule has 2 bridgehead atoms. The number of esters is 1. The van der Waals surface area contributed by atoms with Crippen molar-refractivity contribution in [3.05, 3.63) is 72.3 Å². The maximum Gasteiger partial charge on any atom is 0.339 e. The summed E-state index contributed by atoms with van der Waals surface area (Å²) in [5, 5.41) is 4.09. The van der Waals surface area contributed by atoms with Crippen LogP contribution in [-0.4, -0.2) is 12.6 Å². The third-order valence-electron chi connectivity index (χ3n) is 6.30. The summed E-state index contributed by atoms with van der Waals surface area (Å²) in [5.74, 6) is 1.01. The topological polar surface area (TPSA) is 26.3 Å². The molecule has 2 aliphatic carbocycles. The lowest BCUT2D eigenvalue weighted by Gasteiger charge is -2.30. The van der Waals surface area contributed by atoms with Crippen molar-refractivity contribution in [2.45, 2.75) is 19.8 Å². The Balaban J connectivity index is 1.53. The Bertz CT molecular complexity index is 994. The van der Waals surface area contributed by atoms with Gasteiger partial charge in [-0.1, -0.05) is 67.6 Å². The molecule has 1 saturated carbocycles. The maximum atomic E-state index is 13.1. The minimum atomic E-state index is -0.203. The Morgan fingerprint density at radius 2 is 1.69 bits per heavy atom. The van der Waals surface area contributed by atoms with Crippen LogP contribution in [0.3, 0.4) is 0 Å². The summed E-state index contributed by atoms with van der Waals surface area (Å²) in [6, 6.07) is 18.3. The first kappa shape index (κ1) is 15.6. The van der Waals surface area contributed by atoms with Crippen LogP contribution in [-0.2, 0) is 4.74 Å². The highest BCUT2D eigenvalue weighted by Crippen LogP contribution is 2.52. The molecule has 26 heavy (non-hydrogen) atoms. The molecule has 3 unspecified atom stereocenters. The highest BCUT2D eigenvalue weighted by atomic mass is 16.5. The second-order valence-corrected chi connectivity index (χ2v) is 8.12. The highest BCUT2D eigenvalue weighted by Gasteiger charge is 2.45. The van der Waals surface area contributed by atoms with Gasteiger partial charge in [0.25, 0.3) is 0 Å². The van der Waals surface area contributed by atoms with Crippen molar-refractivity contribution >= 4 is 27.5 Å². The van der Waals surface area contributed by atoms with Crippen molar-refractivity contribution in [1.29, 1.82) is 0 Å². The molecule has 130 valence electrons. The Kier molecular flexibility index (Phi) is 3.43. The Labute approximate surface area is 153 Å². The van der Waals surface area contributed by atoms with Gasteiger partial charge in [0.15, 0.2) is 0 Å². The van der Waals surface area contributed by atoms with Gasteiger partial charge >= 0.3 is 5.97 Å². The van der Waals surface area contributed by atoms with E-state index in [0.717, 1.165) is 28.0 Å². The average molecular weight is 342 g/mol. The highest BCUT2D eigenvalue weighted by molar-refractivity contribution is 6.16. The largest absolute Gasteiger partial charge is 0.461 e. The van der Waals surface area contributed by atoms with Gasteiger partial charge in [-0.15, -0.1) is 0 Å². The molecule has 0 aliphatic heterocycles. The summed E-state index contributed by atoms with van der Waals surface area (Å²) in [7, 11) is 0. The number of fused-ring (bicyclic) bond motifs is 4. The first-order valence-electron chi connectivity index (χ1n) is 9.40. The summed E-state index contributed by atoms with van der Waals surface area (Å²) < 4.78 is 5.91. The van der Waals surface area contributed by atoms with Crippen molar-refractivity contribution in [1.82, 2.24) is 0 Å². The lowest BCUT2D eigenvalue weighted by molar-refractivity contribution is 0.0263. The molecule has 0 heterocycles. The van der Waals surface area contributed by atoms with E-state index < -0.39 is 0 Å². The molecule has 0 amide bonds. The Hall–Kier alpha value is -2.61. The first-order valence-corrected chi connectivity index (χ1v) is 9.40. The molecule has 0 N–H and O–H groups in total. The van der Waals surface area contributed by atoms with Crippen LogP contribution < -0.4 is 0 Å². The standard InChI is InChI=1S/C24H22O2/c1-24(14-16-10-11-19(24)12-16)15-26-23(25)22-20-8-4-2-6-17(20)13-18-7-3-5-9-21(18)22/h2-11,13,16,19H,12,14-15H2,1H3. The van der Waals surface area contributed by atoms with Gasteiger partial charge in [0.05, 0.1) is 12.2 Å². The van der Waals surface area contributed by atoms with Crippen LogP contribution in [0.25, 0.3) is 21.5 Å². The molecule has 2 aliphatic rings. The Morgan fingerprint density at radius 3 is 2.27 bits per heavy atom. The predicted molar refractivity (Wildman–Crippen MR) is 105 cm³/mol. The van der Waals surface area contributed by atoms with Crippen molar-refractivity contribution in [3.8, 4) is 0 Å². The minimum Gasteiger partial charge on any atom is -0.461 e. The van der Waals surface area contributed by atoms with Gasteiger partial charge in [0, 0.05) is 5.41 Å². The van der Waals surface area contributed by atoms with Crippen LogP contribution in [0.2, 0.25) is 0 Å². The molecule has 5 rings (SSSR count).